The van der Waals surface area contributed by atoms with Gasteiger partial charge >= 0.3 is 0 Å². The number of rotatable bonds is 10. The molecule has 0 saturated carbocycles. The van der Waals surface area contributed by atoms with E-state index in [1.165, 1.54) is 34.9 Å². The zero-order chi connectivity index (χ0) is 22.1. The van der Waals surface area contributed by atoms with Crippen molar-refractivity contribution >= 4 is 58.0 Å². The smallest absolute Gasteiger partial charge is 0.234 e. The van der Waals surface area contributed by atoms with Crippen LogP contribution in [0.2, 0.25) is 0 Å². The van der Waals surface area contributed by atoms with E-state index in [0.29, 0.717) is 31.6 Å². The van der Waals surface area contributed by atoms with E-state index >= 15 is 0 Å². The number of carbonyl (C=O) groups excluding carboxylic acids is 2. The molecule has 31 heavy (non-hydrogen) atoms. The average molecular weight is 477 g/mol. The van der Waals surface area contributed by atoms with Crippen molar-refractivity contribution in [3.05, 3.63) is 48.5 Å². The molecule has 0 fully saturated rings. The standard InChI is InChI=1S/C20H20N4O4S3/c1-27-15-9-5-3-7-13(15)21-17(25)11-29-19-23-24-20(31-19)30-12-18(26)22-14-8-4-6-10-16(14)28-2/h3-10H,11-12H2,1-2H3,(H,21,25)(H,22,26). The Kier molecular flexibility index (Phi) is 8.56. The Bertz CT molecular complexity index is 965. The van der Waals surface area contributed by atoms with Gasteiger partial charge in [0.05, 0.1) is 37.1 Å². The highest BCUT2D eigenvalue weighted by atomic mass is 32.2. The zero-order valence-electron chi connectivity index (χ0n) is 16.8. The monoisotopic (exact) mass is 476 g/mol. The summed E-state index contributed by atoms with van der Waals surface area (Å²) in [7, 11) is 3.10. The number of amides is 2. The van der Waals surface area contributed by atoms with Gasteiger partial charge in [-0.1, -0.05) is 59.1 Å². The number of para-hydroxylation sites is 4. The fourth-order valence-corrected chi connectivity index (χ4v) is 5.06. The van der Waals surface area contributed by atoms with Gasteiger partial charge in [0.1, 0.15) is 11.5 Å². The van der Waals surface area contributed by atoms with E-state index in [4.69, 9.17) is 9.47 Å². The molecule has 3 rings (SSSR count). The number of thioether (sulfide) groups is 2. The third kappa shape index (κ3) is 6.88. The Morgan fingerprint density at radius 1 is 0.806 bits per heavy atom. The second-order valence-corrected chi connectivity index (χ2v) is 9.33. The molecule has 0 aliphatic rings. The molecule has 0 aliphatic heterocycles. The van der Waals surface area contributed by atoms with Gasteiger partial charge in [-0.2, -0.15) is 0 Å². The second-order valence-electron chi connectivity index (χ2n) is 5.91. The van der Waals surface area contributed by atoms with Crippen LogP contribution in [0.15, 0.2) is 57.2 Å². The Balaban J connectivity index is 1.44. The first-order chi connectivity index (χ1) is 15.1. The van der Waals surface area contributed by atoms with E-state index in [1.807, 2.05) is 24.3 Å². The minimum atomic E-state index is -0.171. The van der Waals surface area contributed by atoms with Crippen LogP contribution in [0.3, 0.4) is 0 Å². The van der Waals surface area contributed by atoms with Crippen molar-refractivity contribution in [2.75, 3.05) is 36.4 Å². The molecule has 2 N–H and O–H groups in total. The van der Waals surface area contributed by atoms with Gasteiger partial charge in [-0.05, 0) is 24.3 Å². The second kappa shape index (κ2) is 11.6. The van der Waals surface area contributed by atoms with E-state index in [2.05, 4.69) is 20.8 Å². The molecule has 2 amide bonds. The van der Waals surface area contributed by atoms with Gasteiger partial charge in [0.25, 0.3) is 0 Å². The summed E-state index contributed by atoms with van der Waals surface area (Å²) in [5.74, 6) is 1.23. The van der Waals surface area contributed by atoms with Gasteiger partial charge in [-0.15, -0.1) is 10.2 Å². The van der Waals surface area contributed by atoms with Gasteiger partial charge < -0.3 is 20.1 Å². The van der Waals surface area contributed by atoms with Gasteiger partial charge in [-0.3, -0.25) is 9.59 Å². The molecule has 1 heterocycles. The third-order valence-corrected chi connectivity index (χ3v) is 6.99. The molecule has 0 spiro atoms. The lowest BCUT2D eigenvalue weighted by molar-refractivity contribution is -0.114. The van der Waals surface area contributed by atoms with Crippen molar-refractivity contribution in [3.63, 3.8) is 0 Å². The molecule has 0 unspecified atom stereocenters. The number of nitrogens with zero attached hydrogens (tertiary/aromatic N) is 2. The van der Waals surface area contributed by atoms with Crippen molar-refractivity contribution in [3.8, 4) is 11.5 Å². The number of benzene rings is 2. The molecular formula is C20H20N4O4S3. The lowest BCUT2D eigenvalue weighted by atomic mass is 10.3. The minimum absolute atomic E-state index is 0.171. The first kappa shape index (κ1) is 22.9. The summed E-state index contributed by atoms with van der Waals surface area (Å²) in [5, 5.41) is 13.8. The number of anilines is 2. The van der Waals surface area contributed by atoms with E-state index in [-0.39, 0.29) is 23.3 Å². The molecule has 8 nitrogen and oxygen atoms in total. The molecule has 11 heteroatoms. The van der Waals surface area contributed by atoms with Crippen molar-refractivity contribution < 1.29 is 19.1 Å². The summed E-state index contributed by atoms with van der Waals surface area (Å²) in [4.78, 5) is 24.4. The third-order valence-electron chi connectivity index (χ3n) is 3.80. The quantitative estimate of drug-likeness (QED) is 0.423. The molecule has 1 aromatic heterocycles. The Hall–Kier alpha value is -2.76. The van der Waals surface area contributed by atoms with Crippen LogP contribution in [-0.2, 0) is 9.59 Å². The van der Waals surface area contributed by atoms with E-state index in [0.717, 1.165) is 0 Å². The number of hydrogen-bond acceptors (Lipinski definition) is 9. The van der Waals surface area contributed by atoms with E-state index < -0.39 is 0 Å². The molecule has 2 aromatic carbocycles. The van der Waals surface area contributed by atoms with Crippen LogP contribution < -0.4 is 20.1 Å². The van der Waals surface area contributed by atoms with Gasteiger partial charge in [0.2, 0.25) is 11.8 Å². The maximum absolute atomic E-state index is 12.2. The predicted molar refractivity (Wildman–Crippen MR) is 125 cm³/mol. The van der Waals surface area contributed by atoms with Crippen LogP contribution in [0, 0.1) is 0 Å². The molecule has 0 radical (unpaired) electrons. The largest absolute Gasteiger partial charge is 0.495 e. The molecular weight excluding hydrogens is 456 g/mol. The summed E-state index contributed by atoms with van der Waals surface area (Å²) in [6.07, 6.45) is 0. The lowest BCUT2D eigenvalue weighted by Gasteiger charge is -2.09. The normalized spacial score (nSPS) is 10.4. The lowest BCUT2D eigenvalue weighted by Crippen LogP contribution is -2.14. The number of carbonyl (C=O) groups is 2. The van der Waals surface area contributed by atoms with Crippen molar-refractivity contribution in [1.29, 1.82) is 0 Å². The van der Waals surface area contributed by atoms with Crippen LogP contribution >= 0.6 is 34.9 Å². The highest BCUT2D eigenvalue weighted by Crippen LogP contribution is 2.30. The first-order valence-electron chi connectivity index (χ1n) is 9.04. The van der Waals surface area contributed by atoms with Crippen LogP contribution in [0.25, 0.3) is 0 Å². The van der Waals surface area contributed by atoms with Gasteiger partial charge in [-0.25, -0.2) is 0 Å². The Labute approximate surface area is 192 Å². The highest BCUT2D eigenvalue weighted by molar-refractivity contribution is 8.03. The molecule has 0 saturated heterocycles. The van der Waals surface area contributed by atoms with Gasteiger partial charge in [0.15, 0.2) is 8.68 Å². The Morgan fingerprint density at radius 3 is 1.65 bits per heavy atom. The number of nitrogens with one attached hydrogen (secondary N) is 2. The molecule has 0 aliphatic carbocycles. The topological polar surface area (TPSA) is 102 Å². The van der Waals surface area contributed by atoms with Crippen LogP contribution in [0.5, 0.6) is 11.5 Å². The first-order valence-corrected chi connectivity index (χ1v) is 11.8. The average Bonchev–Trinajstić information content (AvgIpc) is 3.25. The number of aromatic nitrogens is 2. The van der Waals surface area contributed by atoms with Crippen LogP contribution in [-0.4, -0.2) is 47.7 Å². The van der Waals surface area contributed by atoms with Crippen molar-refractivity contribution in [2.45, 2.75) is 8.68 Å². The SMILES string of the molecule is COc1ccccc1NC(=O)CSc1nnc(SCC(=O)Nc2ccccc2OC)s1. The predicted octanol–water partition coefficient (Wildman–Crippen LogP) is 4.02. The Morgan fingerprint density at radius 2 is 1.23 bits per heavy atom. The highest BCUT2D eigenvalue weighted by Gasteiger charge is 2.13. The summed E-state index contributed by atoms with van der Waals surface area (Å²) in [5.41, 5.74) is 1.23. The number of methoxy groups -OCH3 is 2. The summed E-state index contributed by atoms with van der Waals surface area (Å²) in [6.45, 7) is 0. The van der Waals surface area contributed by atoms with Gasteiger partial charge in [0, 0.05) is 0 Å². The fraction of sp³-hybridized carbons (Fsp3) is 0.200. The van der Waals surface area contributed by atoms with Crippen LogP contribution in [0.4, 0.5) is 11.4 Å². The number of hydrogen-bond donors (Lipinski definition) is 2. The fourth-order valence-electron chi connectivity index (χ4n) is 2.44. The summed E-state index contributed by atoms with van der Waals surface area (Å²) >= 11 is 3.91. The van der Waals surface area contributed by atoms with Crippen molar-refractivity contribution in [2.24, 2.45) is 0 Å². The summed E-state index contributed by atoms with van der Waals surface area (Å²) in [6, 6.07) is 14.4. The zero-order valence-corrected chi connectivity index (χ0v) is 19.2. The summed E-state index contributed by atoms with van der Waals surface area (Å²) < 4.78 is 11.8. The van der Waals surface area contributed by atoms with E-state index in [9.17, 15) is 9.59 Å². The van der Waals surface area contributed by atoms with E-state index in [1.54, 1.807) is 38.5 Å². The molecule has 162 valence electrons. The van der Waals surface area contributed by atoms with Crippen LogP contribution in [0.1, 0.15) is 0 Å². The van der Waals surface area contributed by atoms with Crippen molar-refractivity contribution in [1.82, 2.24) is 10.2 Å². The minimum Gasteiger partial charge on any atom is -0.495 e. The maximum Gasteiger partial charge on any atom is 0.234 e. The molecule has 3 aromatic rings. The maximum atomic E-state index is 12.2. The molecule has 0 bridgehead atoms. The number of ether oxygens (including phenoxy) is 2. The molecule has 0 atom stereocenters.